The van der Waals surface area contributed by atoms with E-state index in [0.717, 1.165) is 44.3 Å². The summed E-state index contributed by atoms with van der Waals surface area (Å²) < 4.78 is 28.8. The minimum absolute atomic E-state index is 0.0856. The van der Waals surface area contributed by atoms with E-state index in [1.807, 2.05) is 43.3 Å². The summed E-state index contributed by atoms with van der Waals surface area (Å²) in [4.78, 5) is 0.345. The average molecular weight is 456 g/mol. The third-order valence-electron chi connectivity index (χ3n) is 5.65. The lowest BCUT2D eigenvalue weighted by Crippen LogP contribution is -2.29. The smallest absolute Gasteiger partial charge is 0.207 e. The zero-order valence-electron chi connectivity index (χ0n) is 15.8. The van der Waals surface area contributed by atoms with Gasteiger partial charge in [0.15, 0.2) is 0 Å². The molecule has 1 unspecified atom stereocenters. The highest BCUT2D eigenvalue weighted by atomic mass is 79.9. The third kappa shape index (κ3) is 3.32. The lowest BCUT2D eigenvalue weighted by Gasteiger charge is -2.18. The van der Waals surface area contributed by atoms with Crippen LogP contribution >= 0.6 is 15.9 Å². The monoisotopic (exact) mass is 455 g/mol. The number of aryl methyl sites for hydroxylation is 1. The molecule has 0 amide bonds. The van der Waals surface area contributed by atoms with Crippen molar-refractivity contribution in [3.63, 3.8) is 0 Å². The molecule has 0 spiro atoms. The zero-order chi connectivity index (χ0) is 20.1. The van der Waals surface area contributed by atoms with Crippen LogP contribution in [0.3, 0.4) is 0 Å². The summed E-state index contributed by atoms with van der Waals surface area (Å²) in [6, 6.07) is 15.1. The largest absolute Gasteiger partial charge is 0.243 e. The van der Waals surface area contributed by atoms with Crippen LogP contribution in [0, 0.1) is 12.8 Å². The van der Waals surface area contributed by atoms with Crippen LogP contribution in [0.25, 0.3) is 5.57 Å². The van der Waals surface area contributed by atoms with Gasteiger partial charge in [-0.25, -0.2) is 8.42 Å². The summed E-state index contributed by atoms with van der Waals surface area (Å²) in [6.07, 6.45) is 0.771. The molecule has 1 atom stereocenters. The van der Waals surface area contributed by atoms with Crippen LogP contribution in [-0.4, -0.2) is 25.8 Å². The van der Waals surface area contributed by atoms with E-state index < -0.39 is 10.0 Å². The van der Waals surface area contributed by atoms with Crippen LogP contribution in [0.4, 0.5) is 0 Å². The fourth-order valence-electron chi connectivity index (χ4n) is 3.99. The van der Waals surface area contributed by atoms with Gasteiger partial charge in [-0.1, -0.05) is 64.5 Å². The van der Waals surface area contributed by atoms with Crippen molar-refractivity contribution in [1.82, 2.24) is 4.31 Å². The Morgan fingerprint density at radius 1 is 1.11 bits per heavy atom. The Kier molecular flexibility index (Phi) is 4.94. The second-order valence-corrected chi connectivity index (χ2v) is 10.3. The van der Waals surface area contributed by atoms with E-state index in [9.17, 15) is 8.42 Å². The van der Waals surface area contributed by atoms with E-state index in [1.165, 1.54) is 0 Å². The minimum Gasteiger partial charge on any atom is -0.207 e. The van der Waals surface area contributed by atoms with E-state index in [-0.39, 0.29) is 5.92 Å². The van der Waals surface area contributed by atoms with Crippen LogP contribution in [0.15, 0.2) is 87.8 Å². The Labute approximate surface area is 175 Å². The van der Waals surface area contributed by atoms with E-state index >= 15 is 0 Å². The lowest BCUT2D eigenvalue weighted by atomic mass is 9.96. The van der Waals surface area contributed by atoms with Crippen molar-refractivity contribution in [2.45, 2.75) is 18.2 Å². The second kappa shape index (κ2) is 7.14. The molecule has 28 heavy (non-hydrogen) atoms. The number of allylic oxidation sites excluding steroid dienone is 2. The van der Waals surface area contributed by atoms with Gasteiger partial charge in [0.05, 0.1) is 4.90 Å². The number of hydrogen-bond acceptors (Lipinski definition) is 2. The number of nitrogens with zero attached hydrogens (tertiary/aromatic N) is 1. The standard InChI is InChI=1S/C23H22BrNO2S/c1-15-4-10-20(11-5-15)28(26,27)25-13-22-16(2)12-21(23(22)14-25)17(3)18-6-8-19(24)9-7-18/h4-11,22H,2-3,12-14H2,1H3. The van der Waals surface area contributed by atoms with Gasteiger partial charge < -0.3 is 0 Å². The maximum Gasteiger partial charge on any atom is 0.243 e. The maximum atomic E-state index is 13.1. The minimum atomic E-state index is -3.52. The highest BCUT2D eigenvalue weighted by molar-refractivity contribution is 9.10. The number of benzene rings is 2. The number of fused-ring (bicyclic) bond motifs is 1. The molecule has 2 aromatic carbocycles. The molecule has 144 valence electrons. The predicted octanol–water partition coefficient (Wildman–Crippen LogP) is 5.35. The predicted molar refractivity (Wildman–Crippen MR) is 117 cm³/mol. The Morgan fingerprint density at radius 3 is 2.39 bits per heavy atom. The van der Waals surface area contributed by atoms with Crippen molar-refractivity contribution >= 4 is 31.5 Å². The molecule has 1 fully saturated rings. The van der Waals surface area contributed by atoms with Gasteiger partial charge in [0.25, 0.3) is 0 Å². The third-order valence-corrected chi connectivity index (χ3v) is 8.01. The summed E-state index contributed by atoms with van der Waals surface area (Å²) in [5.41, 5.74) is 6.42. The Balaban J connectivity index is 1.66. The Bertz CT molecular complexity index is 1100. The van der Waals surface area contributed by atoms with Crippen molar-refractivity contribution in [3.8, 4) is 0 Å². The number of hydrogen-bond donors (Lipinski definition) is 0. The van der Waals surface area contributed by atoms with E-state index in [0.29, 0.717) is 18.0 Å². The topological polar surface area (TPSA) is 37.4 Å². The van der Waals surface area contributed by atoms with Gasteiger partial charge in [-0.05, 0) is 59.9 Å². The Morgan fingerprint density at radius 2 is 1.75 bits per heavy atom. The summed E-state index contributed by atoms with van der Waals surface area (Å²) >= 11 is 3.46. The first-order chi connectivity index (χ1) is 13.3. The number of halogens is 1. The first kappa shape index (κ1) is 19.4. The van der Waals surface area contributed by atoms with Crippen molar-refractivity contribution in [3.05, 3.63) is 94.0 Å². The quantitative estimate of drug-likeness (QED) is 0.582. The van der Waals surface area contributed by atoms with Crippen LogP contribution in [0.5, 0.6) is 0 Å². The van der Waals surface area contributed by atoms with Crippen LogP contribution in [0.1, 0.15) is 17.5 Å². The van der Waals surface area contributed by atoms with Crippen molar-refractivity contribution < 1.29 is 8.42 Å². The molecule has 1 heterocycles. The molecule has 0 bridgehead atoms. The maximum absolute atomic E-state index is 13.1. The van der Waals surface area contributed by atoms with Gasteiger partial charge in [0.1, 0.15) is 0 Å². The molecular weight excluding hydrogens is 434 g/mol. The lowest BCUT2D eigenvalue weighted by molar-refractivity contribution is 0.467. The number of rotatable bonds is 4. The molecule has 5 heteroatoms. The van der Waals surface area contributed by atoms with Crippen LogP contribution in [-0.2, 0) is 10.0 Å². The van der Waals surface area contributed by atoms with Gasteiger partial charge in [-0.3, -0.25) is 0 Å². The Hall–Kier alpha value is -1.95. The van der Waals surface area contributed by atoms with Gasteiger partial charge in [-0.2, -0.15) is 4.31 Å². The van der Waals surface area contributed by atoms with Crippen molar-refractivity contribution in [2.24, 2.45) is 5.92 Å². The molecule has 1 aliphatic carbocycles. The van der Waals surface area contributed by atoms with Crippen molar-refractivity contribution in [2.75, 3.05) is 13.1 Å². The first-order valence-corrected chi connectivity index (χ1v) is 11.4. The molecule has 1 aliphatic heterocycles. The molecule has 3 nitrogen and oxygen atoms in total. The highest BCUT2D eigenvalue weighted by Gasteiger charge is 2.41. The molecule has 2 aliphatic rings. The van der Waals surface area contributed by atoms with Gasteiger partial charge in [-0.15, -0.1) is 0 Å². The fraction of sp³-hybridized carbons (Fsp3) is 0.217. The van der Waals surface area contributed by atoms with Crippen LogP contribution in [0.2, 0.25) is 0 Å². The molecule has 0 radical (unpaired) electrons. The molecule has 2 aromatic rings. The van der Waals surface area contributed by atoms with Gasteiger partial charge in [0.2, 0.25) is 10.0 Å². The first-order valence-electron chi connectivity index (χ1n) is 9.19. The molecule has 1 saturated heterocycles. The normalized spacial score (nSPS) is 19.9. The molecule has 0 saturated carbocycles. The fourth-order valence-corrected chi connectivity index (χ4v) is 5.69. The van der Waals surface area contributed by atoms with E-state index in [1.54, 1.807) is 16.4 Å². The van der Waals surface area contributed by atoms with E-state index in [4.69, 9.17) is 0 Å². The summed E-state index contributed by atoms with van der Waals surface area (Å²) in [5.74, 6) is 0.0856. The van der Waals surface area contributed by atoms with Gasteiger partial charge >= 0.3 is 0 Å². The summed E-state index contributed by atoms with van der Waals surface area (Å²) in [6.45, 7) is 11.3. The molecular formula is C23H22BrNO2S. The average Bonchev–Trinajstić information content (AvgIpc) is 3.24. The van der Waals surface area contributed by atoms with E-state index in [2.05, 4.69) is 29.1 Å². The molecule has 0 N–H and O–H groups in total. The highest BCUT2D eigenvalue weighted by Crippen LogP contribution is 2.46. The SMILES string of the molecule is C=C(C1=C2CN(S(=O)(=O)c3ccc(C)cc3)CC2C(=C)C1)c1ccc(Br)cc1. The van der Waals surface area contributed by atoms with Crippen LogP contribution < -0.4 is 0 Å². The zero-order valence-corrected chi connectivity index (χ0v) is 18.2. The van der Waals surface area contributed by atoms with Crippen molar-refractivity contribution in [1.29, 1.82) is 0 Å². The molecule has 0 aromatic heterocycles. The summed E-state index contributed by atoms with van der Waals surface area (Å²) in [5, 5.41) is 0. The molecule has 4 rings (SSSR count). The second-order valence-electron chi connectivity index (χ2n) is 7.49. The summed E-state index contributed by atoms with van der Waals surface area (Å²) in [7, 11) is -3.52. The number of sulfonamides is 1. The van der Waals surface area contributed by atoms with Gasteiger partial charge in [0, 0.05) is 23.5 Å².